The minimum atomic E-state index is -1.14. The Morgan fingerprint density at radius 1 is 1.43 bits per heavy atom. The molecule has 0 saturated carbocycles. The summed E-state index contributed by atoms with van der Waals surface area (Å²) in [5, 5.41) is 10.3. The number of hydrogen-bond donors (Lipinski definition) is 2. The number of amides is 2. The summed E-state index contributed by atoms with van der Waals surface area (Å²) in [6.07, 6.45) is -0.657. The number of rotatable bonds is 4. The highest BCUT2D eigenvalue weighted by Crippen LogP contribution is 1.86. The number of nitrogens with one attached hydrogen (secondary N) is 1. The maximum Gasteiger partial charge on any atom is 0.409 e. The van der Waals surface area contributed by atoms with Gasteiger partial charge in [-0.1, -0.05) is 0 Å². The van der Waals surface area contributed by atoms with Gasteiger partial charge < -0.3 is 20.1 Å². The van der Waals surface area contributed by atoms with E-state index in [2.05, 4.69) is 10.1 Å². The predicted molar refractivity (Wildman–Crippen MR) is 45.7 cm³/mol. The van der Waals surface area contributed by atoms with Crippen molar-refractivity contribution < 1.29 is 24.2 Å². The molecule has 0 rings (SSSR count). The van der Waals surface area contributed by atoms with Crippen LogP contribution < -0.4 is 5.32 Å². The van der Waals surface area contributed by atoms with Crippen molar-refractivity contribution >= 4 is 18.0 Å². The highest BCUT2D eigenvalue weighted by atomic mass is 16.5. The van der Waals surface area contributed by atoms with Gasteiger partial charge in [0.05, 0.1) is 7.11 Å². The number of aliphatic carboxylic acids is 1. The minimum Gasteiger partial charge on any atom is -0.480 e. The molecular weight excluding hydrogens is 192 g/mol. The summed E-state index contributed by atoms with van der Waals surface area (Å²) in [7, 11) is 2.56. The Labute approximate surface area is 80.6 Å². The van der Waals surface area contributed by atoms with Crippen molar-refractivity contribution in [2.24, 2.45) is 0 Å². The molecule has 2 N–H and O–H groups in total. The number of likely N-dealkylation sites (N-methyl/N-ethyl adjacent to an activating group) is 1. The fourth-order valence-electron chi connectivity index (χ4n) is 0.666. The first-order chi connectivity index (χ1) is 6.47. The zero-order valence-corrected chi connectivity index (χ0v) is 7.94. The third-order valence-corrected chi connectivity index (χ3v) is 1.30. The minimum absolute atomic E-state index is 0.236. The molecule has 0 aromatic carbocycles. The van der Waals surface area contributed by atoms with Crippen LogP contribution in [0, 0.1) is 0 Å². The van der Waals surface area contributed by atoms with Gasteiger partial charge in [0.25, 0.3) is 0 Å². The summed E-state index contributed by atoms with van der Waals surface area (Å²) < 4.78 is 4.33. The zero-order chi connectivity index (χ0) is 11.1. The Morgan fingerprint density at radius 2 is 2.00 bits per heavy atom. The molecule has 0 aliphatic rings. The Balaban J connectivity index is 3.82. The van der Waals surface area contributed by atoms with E-state index in [0.29, 0.717) is 0 Å². The van der Waals surface area contributed by atoms with Crippen LogP contribution >= 0.6 is 0 Å². The van der Waals surface area contributed by atoms with Crippen LogP contribution in [0.3, 0.4) is 0 Å². The van der Waals surface area contributed by atoms with Gasteiger partial charge in [-0.3, -0.25) is 9.59 Å². The van der Waals surface area contributed by atoms with Gasteiger partial charge in [-0.25, -0.2) is 4.79 Å². The Hall–Kier alpha value is -1.79. The van der Waals surface area contributed by atoms with Crippen molar-refractivity contribution in [2.75, 3.05) is 27.2 Å². The molecule has 0 heterocycles. The lowest BCUT2D eigenvalue weighted by atomic mass is 10.5. The molecule has 0 saturated heterocycles. The van der Waals surface area contributed by atoms with Crippen LogP contribution in [0.5, 0.6) is 0 Å². The molecular formula is C7H12N2O5. The van der Waals surface area contributed by atoms with E-state index in [9.17, 15) is 14.4 Å². The first-order valence-corrected chi connectivity index (χ1v) is 3.75. The lowest BCUT2D eigenvalue weighted by Gasteiger charge is -2.14. The standard InChI is InChI=1S/C7H12N2O5/c1-9(7(13)14-2)4-5(10)8-3-6(11)12/h3-4H2,1-2H3,(H,8,10)(H,11,12). The van der Waals surface area contributed by atoms with Gasteiger partial charge in [0.1, 0.15) is 13.1 Å². The van der Waals surface area contributed by atoms with Gasteiger partial charge in [-0.15, -0.1) is 0 Å². The van der Waals surface area contributed by atoms with Crippen molar-refractivity contribution in [3.63, 3.8) is 0 Å². The molecule has 0 radical (unpaired) electrons. The largest absolute Gasteiger partial charge is 0.480 e. The molecule has 7 nitrogen and oxygen atoms in total. The summed E-state index contributed by atoms with van der Waals surface area (Å²) in [6.45, 7) is -0.701. The number of nitrogens with zero attached hydrogens (tertiary/aromatic N) is 1. The Morgan fingerprint density at radius 3 is 2.43 bits per heavy atom. The van der Waals surface area contributed by atoms with Crippen LogP contribution in [-0.2, 0) is 14.3 Å². The Bertz CT molecular complexity index is 240. The van der Waals surface area contributed by atoms with Crippen molar-refractivity contribution in [1.29, 1.82) is 0 Å². The number of ether oxygens (including phenoxy) is 1. The van der Waals surface area contributed by atoms with Crippen LogP contribution in [0.2, 0.25) is 0 Å². The van der Waals surface area contributed by atoms with Crippen molar-refractivity contribution in [1.82, 2.24) is 10.2 Å². The van der Waals surface area contributed by atoms with E-state index < -0.39 is 24.5 Å². The van der Waals surface area contributed by atoms with Gasteiger partial charge in [0, 0.05) is 7.05 Å². The molecule has 2 amide bonds. The molecule has 0 spiro atoms. The lowest BCUT2D eigenvalue weighted by molar-refractivity contribution is -0.138. The quantitative estimate of drug-likeness (QED) is 0.605. The van der Waals surface area contributed by atoms with Gasteiger partial charge in [0.2, 0.25) is 5.91 Å². The second kappa shape index (κ2) is 5.79. The second-order valence-corrected chi connectivity index (χ2v) is 2.50. The van der Waals surface area contributed by atoms with Gasteiger partial charge in [0.15, 0.2) is 0 Å². The van der Waals surface area contributed by atoms with E-state index in [4.69, 9.17) is 5.11 Å². The molecule has 0 aliphatic heterocycles. The van der Waals surface area contributed by atoms with Crippen LogP contribution in [0.25, 0.3) is 0 Å². The number of carboxylic acid groups (broad SMARTS) is 1. The molecule has 7 heteroatoms. The highest BCUT2D eigenvalue weighted by molar-refractivity contribution is 5.84. The van der Waals surface area contributed by atoms with Crippen LogP contribution in [0.4, 0.5) is 4.79 Å². The average molecular weight is 204 g/mol. The van der Waals surface area contributed by atoms with E-state index in [-0.39, 0.29) is 6.54 Å². The molecule has 80 valence electrons. The lowest BCUT2D eigenvalue weighted by Crippen LogP contribution is -2.40. The van der Waals surface area contributed by atoms with E-state index >= 15 is 0 Å². The number of hydrogen-bond acceptors (Lipinski definition) is 4. The van der Waals surface area contributed by atoms with Crippen LogP contribution in [0.1, 0.15) is 0 Å². The number of carboxylic acids is 1. The highest BCUT2D eigenvalue weighted by Gasteiger charge is 2.12. The molecule has 0 aromatic rings. The average Bonchev–Trinajstić information content (AvgIpc) is 2.13. The normalized spacial score (nSPS) is 9.00. The summed E-state index contributed by atoms with van der Waals surface area (Å²) in [5.41, 5.74) is 0. The van der Waals surface area contributed by atoms with E-state index in [1.807, 2.05) is 0 Å². The molecule has 0 atom stereocenters. The second-order valence-electron chi connectivity index (χ2n) is 2.50. The first kappa shape index (κ1) is 12.2. The number of carbonyl (C=O) groups excluding carboxylic acids is 2. The molecule has 0 aromatic heterocycles. The van der Waals surface area contributed by atoms with Crippen LogP contribution in [0.15, 0.2) is 0 Å². The summed E-state index contributed by atoms with van der Waals surface area (Å²) in [4.78, 5) is 32.8. The fourth-order valence-corrected chi connectivity index (χ4v) is 0.666. The summed E-state index contributed by atoms with van der Waals surface area (Å²) in [6, 6.07) is 0. The molecule has 0 fully saturated rings. The molecule has 0 unspecified atom stereocenters. The maximum absolute atomic E-state index is 11.0. The van der Waals surface area contributed by atoms with E-state index in [0.717, 1.165) is 4.90 Å². The number of carbonyl (C=O) groups is 3. The molecule has 0 bridgehead atoms. The van der Waals surface area contributed by atoms with Crippen molar-refractivity contribution in [3.8, 4) is 0 Å². The predicted octanol–water partition coefficient (Wildman–Crippen LogP) is -1.11. The van der Waals surface area contributed by atoms with Crippen molar-refractivity contribution in [3.05, 3.63) is 0 Å². The smallest absolute Gasteiger partial charge is 0.409 e. The fraction of sp³-hybridized carbons (Fsp3) is 0.571. The van der Waals surface area contributed by atoms with Gasteiger partial charge in [-0.2, -0.15) is 0 Å². The van der Waals surface area contributed by atoms with Crippen molar-refractivity contribution in [2.45, 2.75) is 0 Å². The number of methoxy groups -OCH3 is 1. The third kappa shape index (κ3) is 4.96. The van der Waals surface area contributed by atoms with Gasteiger partial charge >= 0.3 is 12.1 Å². The first-order valence-electron chi connectivity index (χ1n) is 3.75. The summed E-state index contributed by atoms with van der Waals surface area (Å²) >= 11 is 0. The van der Waals surface area contributed by atoms with E-state index in [1.54, 1.807) is 0 Å². The Kier molecular flexibility index (Phi) is 5.05. The topological polar surface area (TPSA) is 95.9 Å². The molecule has 14 heavy (non-hydrogen) atoms. The zero-order valence-electron chi connectivity index (χ0n) is 7.94. The summed E-state index contributed by atoms with van der Waals surface area (Å²) in [5.74, 6) is -1.70. The monoisotopic (exact) mass is 204 g/mol. The molecule has 0 aliphatic carbocycles. The van der Waals surface area contributed by atoms with Crippen LogP contribution in [-0.4, -0.2) is 55.2 Å². The third-order valence-electron chi connectivity index (χ3n) is 1.30. The maximum atomic E-state index is 11.0. The SMILES string of the molecule is COC(=O)N(C)CC(=O)NCC(=O)O. The van der Waals surface area contributed by atoms with E-state index in [1.165, 1.54) is 14.2 Å². The van der Waals surface area contributed by atoms with Gasteiger partial charge in [-0.05, 0) is 0 Å².